The lowest BCUT2D eigenvalue weighted by molar-refractivity contribution is 0.658. The molecule has 0 radical (unpaired) electrons. The van der Waals surface area contributed by atoms with Crippen LogP contribution in [0.3, 0.4) is 0 Å². The first-order valence-electron chi connectivity index (χ1n) is 8.64. The molecule has 0 N–H and O–H groups in total. The average molecular weight is 327 g/mol. The minimum absolute atomic E-state index is 0.218. The molecule has 124 valence electrons. The number of nitrogens with zero attached hydrogens (tertiary/aromatic N) is 3. The molecule has 1 aliphatic heterocycles. The molecule has 3 aromatic carbocycles. The Hall–Kier alpha value is -3.07. The fraction of sp³-hybridized carbons (Fsp3) is 0.136. The van der Waals surface area contributed by atoms with Gasteiger partial charge in [0.05, 0.1) is 24.0 Å². The molecule has 25 heavy (non-hydrogen) atoms. The highest BCUT2D eigenvalue weighted by Crippen LogP contribution is 2.28. The minimum Gasteiger partial charge on any atom is -0.277 e. The number of hydrogen-bond acceptors (Lipinski definition) is 3. The van der Waals surface area contributed by atoms with E-state index in [2.05, 4.69) is 95.8 Å². The Labute approximate surface area is 148 Å². The van der Waals surface area contributed by atoms with Crippen LogP contribution in [0.2, 0.25) is 0 Å². The van der Waals surface area contributed by atoms with E-state index in [0.29, 0.717) is 0 Å². The third-order valence-corrected chi connectivity index (χ3v) is 4.31. The number of rotatable bonds is 3. The maximum absolute atomic E-state index is 4.99. The summed E-state index contributed by atoms with van der Waals surface area (Å²) in [4.78, 5) is 4.99. The van der Waals surface area contributed by atoms with Crippen molar-refractivity contribution >= 4 is 17.2 Å². The molecule has 1 aliphatic rings. The smallest absolute Gasteiger partial charge is 0.155 e. The largest absolute Gasteiger partial charge is 0.277 e. The van der Waals surface area contributed by atoms with Gasteiger partial charge in [0.15, 0.2) is 5.84 Å². The van der Waals surface area contributed by atoms with Crippen molar-refractivity contribution in [3.05, 3.63) is 96.6 Å². The van der Waals surface area contributed by atoms with E-state index in [-0.39, 0.29) is 6.04 Å². The molecule has 0 fully saturated rings. The molecule has 0 aliphatic carbocycles. The lowest BCUT2D eigenvalue weighted by Gasteiger charge is -2.43. The second kappa shape index (κ2) is 6.81. The average Bonchev–Trinajstić information content (AvgIpc) is 2.69. The van der Waals surface area contributed by atoms with Gasteiger partial charge in [0.1, 0.15) is 0 Å². The Morgan fingerprint density at radius 2 is 1.24 bits per heavy atom. The van der Waals surface area contributed by atoms with Crippen LogP contribution >= 0.6 is 0 Å². The Balaban J connectivity index is 1.86. The summed E-state index contributed by atoms with van der Waals surface area (Å²) in [6.07, 6.45) is 0. The van der Waals surface area contributed by atoms with Gasteiger partial charge in [0.25, 0.3) is 0 Å². The SMILES string of the molecule is C[C@H]1CN(c2ccccc2)N(c2ccccc2)C(c2ccccc2)=N1. The van der Waals surface area contributed by atoms with Crippen LogP contribution in [-0.4, -0.2) is 18.4 Å². The number of hydrazine groups is 1. The van der Waals surface area contributed by atoms with Crippen LogP contribution in [0.15, 0.2) is 96.0 Å². The summed E-state index contributed by atoms with van der Waals surface area (Å²) in [5, 5.41) is 4.54. The van der Waals surface area contributed by atoms with Crippen molar-refractivity contribution in [2.75, 3.05) is 16.6 Å². The van der Waals surface area contributed by atoms with Crippen molar-refractivity contribution in [3.8, 4) is 0 Å². The second-order valence-corrected chi connectivity index (χ2v) is 6.23. The zero-order valence-corrected chi connectivity index (χ0v) is 14.3. The van der Waals surface area contributed by atoms with Crippen LogP contribution in [0.25, 0.3) is 0 Å². The molecule has 1 atom stereocenters. The minimum atomic E-state index is 0.218. The number of benzene rings is 3. The topological polar surface area (TPSA) is 18.8 Å². The van der Waals surface area contributed by atoms with Crippen LogP contribution < -0.4 is 10.0 Å². The van der Waals surface area contributed by atoms with Crippen LogP contribution in [0, 0.1) is 0 Å². The van der Waals surface area contributed by atoms with Gasteiger partial charge in [-0.1, -0.05) is 66.7 Å². The van der Waals surface area contributed by atoms with E-state index in [4.69, 9.17) is 4.99 Å². The summed E-state index contributed by atoms with van der Waals surface area (Å²) in [6.45, 7) is 3.01. The van der Waals surface area contributed by atoms with Gasteiger partial charge in [-0.25, -0.2) is 5.01 Å². The molecule has 0 spiro atoms. The number of hydrogen-bond donors (Lipinski definition) is 0. The van der Waals surface area contributed by atoms with Crippen molar-refractivity contribution in [2.24, 2.45) is 4.99 Å². The van der Waals surface area contributed by atoms with Gasteiger partial charge in [0, 0.05) is 5.56 Å². The number of anilines is 2. The highest BCUT2D eigenvalue weighted by atomic mass is 15.7. The van der Waals surface area contributed by atoms with E-state index < -0.39 is 0 Å². The molecule has 0 amide bonds. The first-order chi connectivity index (χ1) is 12.3. The molecule has 4 rings (SSSR count). The Kier molecular flexibility index (Phi) is 4.21. The number of amidine groups is 1. The maximum atomic E-state index is 4.99. The summed E-state index contributed by atoms with van der Waals surface area (Å²) in [5.41, 5.74) is 3.40. The molecule has 0 saturated heterocycles. The van der Waals surface area contributed by atoms with Crippen molar-refractivity contribution in [3.63, 3.8) is 0 Å². The zero-order valence-electron chi connectivity index (χ0n) is 14.3. The third kappa shape index (κ3) is 3.13. The molecule has 0 bridgehead atoms. The van der Waals surface area contributed by atoms with Gasteiger partial charge in [0.2, 0.25) is 0 Å². The predicted octanol–water partition coefficient (Wildman–Crippen LogP) is 4.76. The molecular formula is C22H21N3. The van der Waals surface area contributed by atoms with Crippen LogP contribution in [0.4, 0.5) is 11.4 Å². The lowest BCUT2D eigenvalue weighted by Crippen LogP contribution is -2.54. The zero-order chi connectivity index (χ0) is 17.1. The van der Waals surface area contributed by atoms with Gasteiger partial charge in [-0.2, -0.15) is 0 Å². The predicted molar refractivity (Wildman–Crippen MR) is 105 cm³/mol. The molecular weight excluding hydrogens is 306 g/mol. The van der Waals surface area contributed by atoms with Crippen LogP contribution in [-0.2, 0) is 0 Å². The first kappa shape index (κ1) is 15.5. The van der Waals surface area contributed by atoms with Gasteiger partial charge >= 0.3 is 0 Å². The number of para-hydroxylation sites is 2. The molecule has 3 heteroatoms. The van der Waals surface area contributed by atoms with E-state index in [0.717, 1.165) is 23.6 Å². The fourth-order valence-corrected chi connectivity index (χ4v) is 3.19. The quantitative estimate of drug-likeness (QED) is 0.690. The highest BCUT2D eigenvalue weighted by molar-refractivity contribution is 6.12. The Morgan fingerprint density at radius 3 is 1.84 bits per heavy atom. The highest BCUT2D eigenvalue weighted by Gasteiger charge is 2.29. The summed E-state index contributed by atoms with van der Waals surface area (Å²) in [6, 6.07) is 31.6. The van der Waals surface area contributed by atoms with Crippen molar-refractivity contribution < 1.29 is 0 Å². The summed E-state index contributed by atoms with van der Waals surface area (Å²) < 4.78 is 0. The van der Waals surface area contributed by atoms with Gasteiger partial charge in [-0.15, -0.1) is 0 Å². The normalized spacial score (nSPS) is 17.3. The maximum Gasteiger partial charge on any atom is 0.155 e. The van der Waals surface area contributed by atoms with Crippen LogP contribution in [0.5, 0.6) is 0 Å². The molecule has 0 saturated carbocycles. The number of aliphatic imine (C=N–C) groups is 1. The van der Waals surface area contributed by atoms with E-state index in [9.17, 15) is 0 Å². The molecule has 0 unspecified atom stereocenters. The monoisotopic (exact) mass is 327 g/mol. The lowest BCUT2D eigenvalue weighted by atomic mass is 10.1. The molecule has 1 heterocycles. The van der Waals surface area contributed by atoms with E-state index in [1.54, 1.807) is 0 Å². The van der Waals surface area contributed by atoms with E-state index in [1.165, 1.54) is 5.69 Å². The fourth-order valence-electron chi connectivity index (χ4n) is 3.19. The second-order valence-electron chi connectivity index (χ2n) is 6.23. The van der Waals surface area contributed by atoms with Crippen molar-refractivity contribution in [1.29, 1.82) is 0 Å². The summed E-state index contributed by atoms with van der Waals surface area (Å²) >= 11 is 0. The summed E-state index contributed by atoms with van der Waals surface area (Å²) in [7, 11) is 0. The van der Waals surface area contributed by atoms with E-state index >= 15 is 0 Å². The molecule has 3 nitrogen and oxygen atoms in total. The standard InChI is InChI=1S/C22H21N3/c1-18-17-24(20-13-7-3-8-14-20)25(21-15-9-4-10-16-21)22(23-18)19-11-5-2-6-12-19/h2-16,18H,17H2,1H3/t18-/m0/s1. The summed E-state index contributed by atoms with van der Waals surface area (Å²) in [5.74, 6) is 0.981. The van der Waals surface area contributed by atoms with Gasteiger partial charge < -0.3 is 0 Å². The van der Waals surface area contributed by atoms with Gasteiger partial charge in [-0.05, 0) is 31.2 Å². The van der Waals surface area contributed by atoms with Gasteiger partial charge in [-0.3, -0.25) is 10.0 Å². The van der Waals surface area contributed by atoms with Crippen LogP contribution in [0.1, 0.15) is 12.5 Å². The first-order valence-corrected chi connectivity index (χ1v) is 8.64. The third-order valence-electron chi connectivity index (χ3n) is 4.31. The Bertz CT molecular complexity index is 844. The van der Waals surface area contributed by atoms with Crippen molar-refractivity contribution in [2.45, 2.75) is 13.0 Å². The van der Waals surface area contributed by atoms with E-state index in [1.807, 2.05) is 12.1 Å². The molecule has 3 aromatic rings. The Morgan fingerprint density at radius 1 is 0.720 bits per heavy atom. The van der Waals surface area contributed by atoms with Crippen molar-refractivity contribution in [1.82, 2.24) is 0 Å². The molecule has 0 aromatic heterocycles.